The van der Waals surface area contributed by atoms with E-state index in [9.17, 15) is 14.9 Å². The first-order chi connectivity index (χ1) is 8.17. The number of carbonyl (C=O) groups excluding carboxylic acids is 1. The molecule has 1 aliphatic rings. The lowest BCUT2D eigenvalue weighted by Gasteiger charge is -2.02. The number of hydrogen-bond donors (Lipinski definition) is 1. The van der Waals surface area contributed by atoms with Gasteiger partial charge in [-0.15, -0.1) is 5.10 Å². The monoisotopic (exact) mass is 238 g/mol. The third kappa shape index (κ3) is 2.27. The highest BCUT2D eigenvalue weighted by Crippen LogP contribution is 2.34. The highest BCUT2D eigenvalue weighted by molar-refractivity contribution is 5.75. The van der Waals surface area contributed by atoms with Crippen molar-refractivity contribution in [2.75, 3.05) is 5.32 Å². The minimum atomic E-state index is -0.485. The quantitative estimate of drug-likeness (QED) is 0.460. The summed E-state index contributed by atoms with van der Waals surface area (Å²) in [6.45, 7) is 2.54. The van der Waals surface area contributed by atoms with Gasteiger partial charge < -0.3 is 5.32 Å². The molecule has 0 aliphatic heterocycles. The summed E-state index contributed by atoms with van der Waals surface area (Å²) in [5.41, 5.74) is 0.492. The van der Waals surface area contributed by atoms with Gasteiger partial charge in [0, 0.05) is 6.54 Å². The Labute approximate surface area is 98.0 Å². The Morgan fingerprint density at radius 2 is 2.35 bits per heavy atom. The molecule has 1 amide bonds. The van der Waals surface area contributed by atoms with Crippen molar-refractivity contribution in [2.24, 2.45) is 5.92 Å². The van der Waals surface area contributed by atoms with E-state index in [-0.39, 0.29) is 11.5 Å². The molecule has 2 rings (SSSR count). The lowest BCUT2D eigenvalue weighted by atomic mass is 10.2. The summed E-state index contributed by atoms with van der Waals surface area (Å²) in [7, 11) is 0. The van der Waals surface area contributed by atoms with E-state index >= 15 is 0 Å². The summed E-state index contributed by atoms with van der Waals surface area (Å²) < 4.78 is 1.65. The Kier molecular flexibility index (Phi) is 3.08. The number of nitrogens with one attached hydrogen (secondary N) is 1. The molecule has 1 heterocycles. The second-order valence-corrected chi connectivity index (χ2v) is 4.14. The minimum Gasteiger partial charge on any atom is -0.306 e. The average molecular weight is 238 g/mol. The van der Waals surface area contributed by atoms with Gasteiger partial charge in [-0.1, -0.05) is 6.92 Å². The number of nitro groups is 1. The number of rotatable bonds is 6. The second-order valence-electron chi connectivity index (χ2n) is 4.14. The van der Waals surface area contributed by atoms with Gasteiger partial charge in [-0.2, -0.15) is 0 Å². The van der Waals surface area contributed by atoms with E-state index in [0.29, 0.717) is 31.0 Å². The van der Waals surface area contributed by atoms with Crippen molar-refractivity contribution >= 4 is 17.9 Å². The van der Waals surface area contributed by atoms with Crippen LogP contribution in [-0.4, -0.2) is 21.1 Å². The second kappa shape index (κ2) is 4.52. The van der Waals surface area contributed by atoms with Crippen molar-refractivity contribution in [1.82, 2.24) is 9.78 Å². The standard InChI is InChI=1S/C10H14N4O3/c1-2-8-9(14(16)17)10(11-6-15)12-13(8)5-7-3-4-7/h6-7H,2-5H2,1H3,(H,11,12,15). The molecule has 1 fully saturated rings. The van der Waals surface area contributed by atoms with Crippen LogP contribution in [0.25, 0.3) is 0 Å². The van der Waals surface area contributed by atoms with Gasteiger partial charge in [0.1, 0.15) is 5.69 Å². The summed E-state index contributed by atoms with van der Waals surface area (Å²) in [5, 5.41) is 17.4. The van der Waals surface area contributed by atoms with Gasteiger partial charge in [-0.3, -0.25) is 19.6 Å². The van der Waals surface area contributed by atoms with Gasteiger partial charge in [0.25, 0.3) is 0 Å². The highest BCUT2D eigenvalue weighted by atomic mass is 16.6. The summed E-state index contributed by atoms with van der Waals surface area (Å²) in [6, 6.07) is 0. The highest BCUT2D eigenvalue weighted by Gasteiger charge is 2.30. The third-order valence-electron chi connectivity index (χ3n) is 2.87. The summed E-state index contributed by atoms with van der Waals surface area (Å²) in [5.74, 6) is 0.617. The molecular weight excluding hydrogens is 224 g/mol. The Bertz CT molecular complexity index is 451. The first kappa shape index (κ1) is 11.6. The summed E-state index contributed by atoms with van der Waals surface area (Å²) >= 11 is 0. The zero-order valence-corrected chi connectivity index (χ0v) is 9.55. The van der Waals surface area contributed by atoms with E-state index in [2.05, 4.69) is 10.4 Å². The lowest BCUT2D eigenvalue weighted by molar-refractivity contribution is -0.384. The molecule has 17 heavy (non-hydrogen) atoms. The van der Waals surface area contributed by atoms with Gasteiger partial charge in [0.2, 0.25) is 12.2 Å². The Morgan fingerprint density at radius 1 is 1.65 bits per heavy atom. The molecule has 1 aromatic rings. The van der Waals surface area contributed by atoms with Crippen LogP contribution < -0.4 is 5.32 Å². The van der Waals surface area contributed by atoms with Crippen molar-refractivity contribution in [3.05, 3.63) is 15.8 Å². The van der Waals surface area contributed by atoms with Crippen LogP contribution in [0.1, 0.15) is 25.5 Å². The molecule has 1 aromatic heterocycles. The number of anilines is 1. The fraction of sp³-hybridized carbons (Fsp3) is 0.600. The van der Waals surface area contributed by atoms with Crippen molar-refractivity contribution in [2.45, 2.75) is 32.7 Å². The Hall–Kier alpha value is -1.92. The molecular formula is C10H14N4O3. The van der Waals surface area contributed by atoms with E-state index in [1.165, 1.54) is 0 Å². The Morgan fingerprint density at radius 3 is 2.82 bits per heavy atom. The molecule has 7 heteroatoms. The van der Waals surface area contributed by atoms with E-state index < -0.39 is 4.92 Å². The molecule has 0 aromatic carbocycles. The predicted molar refractivity (Wildman–Crippen MR) is 60.7 cm³/mol. The van der Waals surface area contributed by atoms with Crippen LogP contribution in [0.3, 0.4) is 0 Å². The molecule has 7 nitrogen and oxygen atoms in total. The normalized spacial score (nSPS) is 14.6. The van der Waals surface area contributed by atoms with Crippen molar-refractivity contribution in [3.63, 3.8) is 0 Å². The fourth-order valence-corrected chi connectivity index (χ4v) is 1.88. The number of amides is 1. The van der Waals surface area contributed by atoms with Crippen LogP contribution in [0.5, 0.6) is 0 Å². The van der Waals surface area contributed by atoms with Crippen LogP contribution in [0.4, 0.5) is 11.5 Å². The molecule has 0 unspecified atom stereocenters. The van der Waals surface area contributed by atoms with Gasteiger partial charge in [-0.25, -0.2) is 0 Å². The smallest absolute Gasteiger partial charge is 0.306 e. The van der Waals surface area contributed by atoms with Crippen LogP contribution >= 0.6 is 0 Å². The maximum absolute atomic E-state index is 11.0. The van der Waals surface area contributed by atoms with Crippen molar-refractivity contribution in [1.29, 1.82) is 0 Å². The van der Waals surface area contributed by atoms with E-state index in [1.807, 2.05) is 6.92 Å². The predicted octanol–water partition coefficient (Wildman–Crippen LogP) is 1.33. The topological polar surface area (TPSA) is 90.1 Å². The zero-order valence-electron chi connectivity index (χ0n) is 9.55. The zero-order chi connectivity index (χ0) is 12.4. The van der Waals surface area contributed by atoms with Crippen LogP contribution in [0.15, 0.2) is 0 Å². The van der Waals surface area contributed by atoms with E-state index in [0.717, 1.165) is 12.8 Å². The first-order valence-corrected chi connectivity index (χ1v) is 5.61. The maximum atomic E-state index is 11.0. The number of hydrogen-bond acceptors (Lipinski definition) is 4. The third-order valence-corrected chi connectivity index (χ3v) is 2.87. The van der Waals surface area contributed by atoms with Gasteiger partial charge >= 0.3 is 5.69 Å². The van der Waals surface area contributed by atoms with Crippen molar-refractivity contribution < 1.29 is 9.72 Å². The Balaban J connectivity index is 2.39. The first-order valence-electron chi connectivity index (χ1n) is 5.61. The molecule has 1 aliphatic carbocycles. The summed E-state index contributed by atoms with van der Waals surface area (Å²) in [4.78, 5) is 20.9. The van der Waals surface area contributed by atoms with Gasteiger partial charge in [0.15, 0.2) is 0 Å². The molecule has 1 N–H and O–H groups in total. The molecule has 1 saturated carbocycles. The maximum Gasteiger partial charge on any atom is 0.334 e. The molecule has 0 bridgehead atoms. The number of nitrogens with zero attached hydrogens (tertiary/aromatic N) is 3. The largest absolute Gasteiger partial charge is 0.334 e. The van der Waals surface area contributed by atoms with Crippen molar-refractivity contribution in [3.8, 4) is 0 Å². The fourth-order valence-electron chi connectivity index (χ4n) is 1.88. The van der Waals surface area contributed by atoms with Gasteiger partial charge in [-0.05, 0) is 25.2 Å². The lowest BCUT2D eigenvalue weighted by Crippen LogP contribution is -2.06. The average Bonchev–Trinajstić information content (AvgIpc) is 3.00. The van der Waals surface area contributed by atoms with E-state index in [1.54, 1.807) is 4.68 Å². The SMILES string of the molecule is CCc1c([N+](=O)[O-])c(NC=O)nn1CC1CC1. The van der Waals surface area contributed by atoms with E-state index in [4.69, 9.17) is 0 Å². The minimum absolute atomic E-state index is 0.0440. The number of aromatic nitrogens is 2. The molecule has 0 radical (unpaired) electrons. The summed E-state index contributed by atoms with van der Waals surface area (Å²) in [6.07, 6.45) is 3.23. The van der Waals surface area contributed by atoms with Crippen LogP contribution in [-0.2, 0) is 17.8 Å². The van der Waals surface area contributed by atoms with Crippen LogP contribution in [0, 0.1) is 16.0 Å². The molecule has 0 spiro atoms. The van der Waals surface area contributed by atoms with Crippen LogP contribution in [0.2, 0.25) is 0 Å². The molecule has 92 valence electrons. The molecule has 0 atom stereocenters. The number of carbonyl (C=O) groups is 1. The van der Waals surface area contributed by atoms with Gasteiger partial charge in [0.05, 0.1) is 4.92 Å². The molecule has 0 saturated heterocycles.